The van der Waals surface area contributed by atoms with Crippen molar-refractivity contribution in [3.63, 3.8) is 0 Å². The Morgan fingerprint density at radius 2 is 1.07 bits per heavy atom. The zero-order valence-electron chi connectivity index (χ0n) is 19.9. The van der Waals surface area contributed by atoms with E-state index in [1.54, 1.807) is 13.8 Å². The highest BCUT2D eigenvalue weighted by Gasteiger charge is 2.24. The molecule has 4 nitrogen and oxygen atoms in total. The maximum Gasteiger partial charge on any atom is 0.162 e. The van der Waals surface area contributed by atoms with E-state index in [9.17, 15) is 9.46 Å². The number of hydrogen-bond donors (Lipinski definition) is 1. The third kappa shape index (κ3) is 12.6. The van der Waals surface area contributed by atoms with Crippen LogP contribution in [0.5, 0.6) is 0 Å². The highest BCUT2D eigenvalue weighted by Crippen LogP contribution is 2.28. The number of quaternary nitrogens is 1. The second-order valence-corrected chi connectivity index (χ2v) is 10.1. The molecule has 29 heavy (non-hydrogen) atoms. The molecule has 0 aromatic heterocycles. The van der Waals surface area contributed by atoms with Crippen molar-refractivity contribution in [3.05, 3.63) is 29.3 Å². The fourth-order valence-corrected chi connectivity index (χ4v) is 4.49. The third-order valence-electron chi connectivity index (χ3n) is 5.48. The Kier molecular flexibility index (Phi) is 14.8. The van der Waals surface area contributed by atoms with Gasteiger partial charge in [0.15, 0.2) is 7.60 Å². The molecule has 1 aromatic rings. The van der Waals surface area contributed by atoms with Gasteiger partial charge in [-0.05, 0) is 51.7 Å². The van der Waals surface area contributed by atoms with E-state index in [1.165, 1.54) is 94.2 Å². The van der Waals surface area contributed by atoms with Gasteiger partial charge in [-0.15, -0.1) is 0 Å². The standard InChI is InChI=1S/C16H36N.C8H11O3P/c1-5-9-13-17(14-10-6-2,15-11-7-3)16-12-8-4;1-6-3-7(2)5-8(4-6)12(9,10)11/h5-16H2,1-4H3;3-5H,1-2H3,(H2,9,10,11)/q+1;/p-1. The van der Waals surface area contributed by atoms with E-state index in [-0.39, 0.29) is 5.30 Å². The second kappa shape index (κ2) is 15.2. The summed E-state index contributed by atoms with van der Waals surface area (Å²) in [5.74, 6) is 0. The summed E-state index contributed by atoms with van der Waals surface area (Å²) < 4.78 is 12.1. The van der Waals surface area contributed by atoms with Crippen LogP contribution in [0.1, 0.15) is 90.2 Å². The van der Waals surface area contributed by atoms with Crippen molar-refractivity contribution >= 4 is 12.9 Å². The molecular weight excluding hydrogens is 381 g/mol. The average molecular weight is 428 g/mol. The Labute approximate surface area is 180 Å². The molecule has 0 aliphatic carbocycles. The van der Waals surface area contributed by atoms with E-state index in [0.29, 0.717) is 0 Å². The van der Waals surface area contributed by atoms with Gasteiger partial charge in [-0.25, -0.2) is 0 Å². The maximum absolute atomic E-state index is 10.7. The monoisotopic (exact) mass is 427 g/mol. The molecule has 170 valence electrons. The van der Waals surface area contributed by atoms with Gasteiger partial charge in [0.1, 0.15) is 0 Å². The molecule has 0 amide bonds. The van der Waals surface area contributed by atoms with Crippen LogP contribution in [0.25, 0.3) is 0 Å². The van der Waals surface area contributed by atoms with Gasteiger partial charge in [0.05, 0.1) is 26.2 Å². The van der Waals surface area contributed by atoms with Gasteiger partial charge >= 0.3 is 0 Å². The summed E-state index contributed by atoms with van der Waals surface area (Å²) in [6.07, 6.45) is 11.1. The summed E-state index contributed by atoms with van der Waals surface area (Å²) in [5, 5.41) is -0.0139. The van der Waals surface area contributed by atoms with Crippen molar-refractivity contribution in [2.45, 2.75) is 92.9 Å². The van der Waals surface area contributed by atoms with Crippen LogP contribution in [0.2, 0.25) is 0 Å². The fourth-order valence-electron chi connectivity index (χ4n) is 3.76. The van der Waals surface area contributed by atoms with Crippen molar-refractivity contribution in [1.29, 1.82) is 0 Å². The first-order valence-corrected chi connectivity index (χ1v) is 13.2. The molecule has 0 bridgehead atoms. The summed E-state index contributed by atoms with van der Waals surface area (Å²) in [6, 6.07) is 4.74. The Hall–Kier alpha value is -0.670. The quantitative estimate of drug-likeness (QED) is 0.335. The molecule has 0 heterocycles. The minimum absolute atomic E-state index is 0.0139. The molecule has 1 N–H and O–H groups in total. The first-order chi connectivity index (χ1) is 13.6. The molecule has 0 radical (unpaired) electrons. The number of unbranched alkanes of at least 4 members (excludes halogenated alkanes) is 4. The Bertz CT molecular complexity index is 540. The van der Waals surface area contributed by atoms with Crippen LogP contribution < -0.4 is 10.2 Å². The largest absolute Gasteiger partial charge is 0.775 e. The smallest absolute Gasteiger partial charge is 0.162 e. The zero-order chi connectivity index (χ0) is 22.3. The molecule has 0 aliphatic rings. The summed E-state index contributed by atoms with van der Waals surface area (Å²) in [6.45, 7) is 18.6. The van der Waals surface area contributed by atoms with Crippen molar-refractivity contribution in [2.75, 3.05) is 26.2 Å². The van der Waals surface area contributed by atoms with E-state index >= 15 is 0 Å². The average Bonchev–Trinajstić information content (AvgIpc) is 2.66. The molecule has 0 saturated carbocycles. The molecule has 0 aliphatic heterocycles. The summed E-state index contributed by atoms with van der Waals surface area (Å²) in [4.78, 5) is 19.5. The summed E-state index contributed by atoms with van der Waals surface area (Å²) in [5.41, 5.74) is 1.66. The van der Waals surface area contributed by atoms with Crippen LogP contribution in [-0.4, -0.2) is 35.6 Å². The second-order valence-electron chi connectivity index (χ2n) is 8.52. The maximum atomic E-state index is 10.7. The van der Waals surface area contributed by atoms with Gasteiger partial charge in [0.25, 0.3) is 0 Å². The molecule has 0 fully saturated rings. The molecule has 1 rings (SSSR count). The molecule has 5 heteroatoms. The SMILES string of the molecule is CCCC[N+](CCCC)(CCCC)CCCC.Cc1cc(C)cc(P(=O)([O-])O)c1. The van der Waals surface area contributed by atoms with E-state index in [0.717, 1.165) is 11.1 Å². The highest BCUT2D eigenvalue weighted by atomic mass is 31.2. The summed E-state index contributed by atoms with van der Waals surface area (Å²) >= 11 is 0. The van der Waals surface area contributed by atoms with Crippen molar-refractivity contribution in [2.24, 2.45) is 0 Å². The summed E-state index contributed by atoms with van der Waals surface area (Å²) in [7, 11) is -4.32. The van der Waals surface area contributed by atoms with Crippen LogP contribution in [-0.2, 0) is 4.57 Å². The number of benzene rings is 1. The number of nitrogens with zero attached hydrogens (tertiary/aromatic N) is 1. The van der Waals surface area contributed by atoms with Gasteiger partial charge < -0.3 is 18.8 Å². The topological polar surface area (TPSA) is 60.4 Å². The van der Waals surface area contributed by atoms with Crippen molar-refractivity contribution in [3.8, 4) is 0 Å². The lowest BCUT2D eigenvalue weighted by atomic mass is 10.1. The lowest BCUT2D eigenvalue weighted by molar-refractivity contribution is -0.929. The normalized spacial score (nSPS) is 13.5. The van der Waals surface area contributed by atoms with Crippen LogP contribution in [0, 0.1) is 13.8 Å². The zero-order valence-corrected chi connectivity index (χ0v) is 20.8. The molecule has 0 spiro atoms. The van der Waals surface area contributed by atoms with Gasteiger partial charge in [0.2, 0.25) is 0 Å². The van der Waals surface area contributed by atoms with Crippen LogP contribution in [0.15, 0.2) is 18.2 Å². The van der Waals surface area contributed by atoms with E-state index in [2.05, 4.69) is 27.7 Å². The first kappa shape index (κ1) is 28.3. The Morgan fingerprint density at radius 3 is 1.31 bits per heavy atom. The number of rotatable bonds is 13. The van der Waals surface area contributed by atoms with Crippen LogP contribution >= 0.6 is 7.60 Å². The van der Waals surface area contributed by atoms with Gasteiger partial charge in [-0.2, -0.15) is 0 Å². The number of hydrogen-bond acceptors (Lipinski definition) is 2. The Balaban J connectivity index is 0.000000571. The van der Waals surface area contributed by atoms with Crippen molar-refractivity contribution in [1.82, 2.24) is 0 Å². The van der Waals surface area contributed by atoms with E-state index < -0.39 is 7.60 Å². The minimum Gasteiger partial charge on any atom is -0.775 e. The van der Waals surface area contributed by atoms with Gasteiger partial charge in [0, 0.05) is 5.30 Å². The van der Waals surface area contributed by atoms with Gasteiger partial charge in [-0.3, -0.25) is 0 Å². The third-order valence-corrected chi connectivity index (χ3v) is 6.39. The van der Waals surface area contributed by atoms with Gasteiger partial charge in [-0.1, -0.05) is 70.6 Å². The van der Waals surface area contributed by atoms with E-state index in [1.807, 2.05) is 6.07 Å². The molecule has 0 saturated heterocycles. The lowest BCUT2D eigenvalue weighted by Crippen LogP contribution is -2.50. The predicted octanol–water partition coefficient (Wildman–Crippen LogP) is 5.48. The molecule has 1 unspecified atom stereocenters. The van der Waals surface area contributed by atoms with Crippen LogP contribution in [0.3, 0.4) is 0 Å². The fraction of sp³-hybridized carbons (Fsp3) is 0.750. The molecule has 1 atom stereocenters. The molecular formula is C24H46NO3P. The number of aryl methyl sites for hydroxylation is 2. The highest BCUT2D eigenvalue weighted by molar-refractivity contribution is 7.58. The molecule has 1 aromatic carbocycles. The van der Waals surface area contributed by atoms with Crippen LogP contribution in [0.4, 0.5) is 0 Å². The van der Waals surface area contributed by atoms with E-state index in [4.69, 9.17) is 4.89 Å². The predicted molar refractivity (Wildman–Crippen MR) is 125 cm³/mol. The van der Waals surface area contributed by atoms with Crippen molar-refractivity contribution < 1.29 is 18.8 Å². The minimum atomic E-state index is -4.32. The Morgan fingerprint density at radius 1 is 0.759 bits per heavy atom. The lowest BCUT2D eigenvalue weighted by Gasteiger charge is -2.39. The first-order valence-electron chi connectivity index (χ1n) is 11.6.